The molecule has 0 N–H and O–H groups in total. The first-order chi connectivity index (χ1) is 12.7. The Morgan fingerprint density at radius 2 is 1.50 bits per heavy atom. The molecule has 4 rings (SSSR count). The van der Waals surface area contributed by atoms with Crippen LogP contribution in [0.15, 0.2) is 96.6 Å². The maximum absolute atomic E-state index is 4.21. The smallest absolute Gasteiger partial charge is 0.0718 e. The van der Waals surface area contributed by atoms with Crippen molar-refractivity contribution in [2.24, 2.45) is 0 Å². The highest BCUT2D eigenvalue weighted by Crippen LogP contribution is 2.62. The molecule has 0 heterocycles. The molecule has 2 aromatic rings. The van der Waals surface area contributed by atoms with Gasteiger partial charge in [0.15, 0.2) is 0 Å². The first-order valence-electron chi connectivity index (χ1n) is 9.25. The Bertz CT molecular complexity index is 1020. The van der Waals surface area contributed by atoms with Gasteiger partial charge in [0.05, 0.1) is 5.41 Å². The monoisotopic (exact) mass is 336 g/mol. The molecule has 0 amide bonds. The van der Waals surface area contributed by atoms with E-state index in [-0.39, 0.29) is 5.41 Å². The molecule has 0 saturated heterocycles. The number of hydrogen-bond acceptors (Lipinski definition) is 0. The lowest BCUT2D eigenvalue weighted by Crippen LogP contribution is -2.26. The van der Waals surface area contributed by atoms with Gasteiger partial charge in [0.1, 0.15) is 0 Å². The summed E-state index contributed by atoms with van der Waals surface area (Å²) in [6.07, 6.45) is 10.8. The van der Waals surface area contributed by atoms with E-state index in [1.165, 1.54) is 44.5 Å². The van der Waals surface area contributed by atoms with E-state index >= 15 is 0 Å². The van der Waals surface area contributed by atoms with Crippen LogP contribution in [0.25, 0.3) is 11.1 Å². The van der Waals surface area contributed by atoms with Crippen molar-refractivity contribution < 1.29 is 0 Å². The van der Waals surface area contributed by atoms with E-state index in [9.17, 15) is 0 Å². The fraction of sp³-hybridized carbons (Fsp3) is 0.154. The van der Waals surface area contributed by atoms with Crippen molar-refractivity contribution in [3.8, 4) is 0 Å². The van der Waals surface area contributed by atoms with Crippen LogP contribution in [0.1, 0.15) is 43.0 Å². The van der Waals surface area contributed by atoms with Gasteiger partial charge in [0.2, 0.25) is 0 Å². The Hall–Kier alpha value is -2.86. The highest BCUT2D eigenvalue weighted by atomic mass is 14.5. The molecule has 0 aromatic heterocycles. The molecule has 1 spiro atoms. The summed E-state index contributed by atoms with van der Waals surface area (Å²) in [6.45, 7) is 10.7. The molecule has 0 aliphatic heterocycles. The van der Waals surface area contributed by atoms with Gasteiger partial charge in [-0.3, -0.25) is 0 Å². The van der Waals surface area contributed by atoms with Crippen molar-refractivity contribution in [2.45, 2.75) is 26.2 Å². The van der Waals surface area contributed by atoms with Crippen molar-refractivity contribution in [1.29, 1.82) is 0 Å². The summed E-state index contributed by atoms with van der Waals surface area (Å²) in [7, 11) is 0. The summed E-state index contributed by atoms with van der Waals surface area (Å²) < 4.78 is 0. The van der Waals surface area contributed by atoms with E-state index in [1.807, 2.05) is 0 Å². The molecule has 0 saturated carbocycles. The third-order valence-electron chi connectivity index (χ3n) is 5.81. The van der Waals surface area contributed by atoms with E-state index in [1.54, 1.807) is 0 Å². The SMILES string of the molecule is C=CC1=C(C)c2ccccc2C12C(=C/C)/C(=C\C=C/C)c1ccccc12. The zero-order valence-corrected chi connectivity index (χ0v) is 15.7. The van der Waals surface area contributed by atoms with Gasteiger partial charge in [0, 0.05) is 0 Å². The van der Waals surface area contributed by atoms with Crippen molar-refractivity contribution in [2.75, 3.05) is 0 Å². The Morgan fingerprint density at radius 3 is 2.12 bits per heavy atom. The van der Waals surface area contributed by atoms with Gasteiger partial charge in [-0.05, 0) is 65.3 Å². The van der Waals surface area contributed by atoms with Crippen molar-refractivity contribution >= 4 is 11.1 Å². The van der Waals surface area contributed by atoms with E-state index in [4.69, 9.17) is 0 Å². The minimum atomic E-state index is -0.249. The molecular formula is C26H24. The van der Waals surface area contributed by atoms with Crippen LogP contribution in [-0.2, 0) is 5.41 Å². The standard InChI is InChI=1S/C26H24/c1-5-8-13-20-21-15-10-12-17-25(21)26(23(20)7-3)22(6-2)18(4)19-14-9-11-16-24(19)26/h5-17H,2H2,1,3-4H3/b8-5-,20-13-,23-7+. The third-order valence-corrected chi connectivity index (χ3v) is 5.81. The van der Waals surface area contributed by atoms with Gasteiger partial charge in [-0.25, -0.2) is 0 Å². The third kappa shape index (κ3) is 1.90. The Morgan fingerprint density at radius 1 is 0.885 bits per heavy atom. The molecule has 0 heteroatoms. The van der Waals surface area contributed by atoms with Gasteiger partial charge in [0.25, 0.3) is 0 Å². The molecule has 0 fully saturated rings. The van der Waals surface area contributed by atoms with Crippen LogP contribution in [0.4, 0.5) is 0 Å². The summed E-state index contributed by atoms with van der Waals surface area (Å²) in [5.74, 6) is 0. The second kappa shape index (κ2) is 6.14. The molecular weight excluding hydrogens is 312 g/mol. The molecule has 0 nitrogen and oxygen atoms in total. The number of rotatable bonds is 2. The summed E-state index contributed by atoms with van der Waals surface area (Å²) in [6, 6.07) is 17.6. The van der Waals surface area contributed by atoms with Crippen LogP contribution >= 0.6 is 0 Å². The summed E-state index contributed by atoms with van der Waals surface area (Å²) in [4.78, 5) is 0. The lowest BCUT2D eigenvalue weighted by molar-refractivity contribution is 0.785. The van der Waals surface area contributed by atoms with Crippen LogP contribution in [0.2, 0.25) is 0 Å². The summed E-state index contributed by atoms with van der Waals surface area (Å²) in [5.41, 5.74) is 10.5. The largest absolute Gasteiger partial charge is 0.0987 e. The van der Waals surface area contributed by atoms with Crippen molar-refractivity contribution in [3.05, 3.63) is 119 Å². The van der Waals surface area contributed by atoms with Crippen LogP contribution in [-0.4, -0.2) is 0 Å². The molecule has 128 valence electrons. The highest BCUT2D eigenvalue weighted by Gasteiger charge is 2.52. The fourth-order valence-corrected chi connectivity index (χ4v) is 4.88. The van der Waals surface area contributed by atoms with Crippen LogP contribution < -0.4 is 0 Å². The lowest BCUT2D eigenvalue weighted by Gasteiger charge is -2.31. The molecule has 1 unspecified atom stereocenters. The molecule has 2 aromatic carbocycles. The first kappa shape index (κ1) is 16.6. The second-order valence-electron chi connectivity index (χ2n) is 6.89. The van der Waals surface area contributed by atoms with E-state index in [2.05, 4.69) is 106 Å². The average molecular weight is 336 g/mol. The van der Waals surface area contributed by atoms with Crippen molar-refractivity contribution in [1.82, 2.24) is 0 Å². The number of fused-ring (bicyclic) bond motifs is 4. The topological polar surface area (TPSA) is 0 Å². The van der Waals surface area contributed by atoms with Crippen molar-refractivity contribution in [3.63, 3.8) is 0 Å². The fourth-order valence-electron chi connectivity index (χ4n) is 4.88. The molecule has 26 heavy (non-hydrogen) atoms. The minimum Gasteiger partial charge on any atom is -0.0987 e. The maximum Gasteiger partial charge on any atom is 0.0718 e. The lowest BCUT2D eigenvalue weighted by atomic mass is 9.69. The minimum absolute atomic E-state index is 0.249. The van der Waals surface area contributed by atoms with Crippen LogP contribution in [0.3, 0.4) is 0 Å². The summed E-state index contributed by atoms with van der Waals surface area (Å²) in [5, 5.41) is 0. The van der Waals surface area contributed by atoms with Gasteiger partial charge in [-0.15, -0.1) is 0 Å². The van der Waals surface area contributed by atoms with Gasteiger partial charge < -0.3 is 0 Å². The first-order valence-corrected chi connectivity index (χ1v) is 9.25. The Kier molecular flexibility index (Phi) is 3.92. The zero-order valence-electron chi connectivity index (χ0n) is 15.7. The number of benzene rings is 2. The predicted octanol–water partition coefficient (Wildman–Crippen LogP) is 6.87. The average Bonchev–Trinajstić information content (AvgIpc) is 3.11. The van der Waals surface area contributed by atoms with Crippen LogP contribution in [0, 0.1) is 0 Å². The van der Waals surface area contributed by atoms with Crippen LogP contribution in [0.5, 0.6) is 0 Å². The number of allylic oxidation sites excluding steroid dienone is 9. The predicted molar refractivity (Wildman–Crippen MR) is 113 cm³/mol. The molecule has 2 aliphatic rings. The number of hydrogen-bond donors (Lipinski definition) is 0. The molecule has 1 atom stereocenters. The highest BCUT2D eigenvalue weighted by molar-refractivity contribution is 6.00. The zero-order chi connectivity index (χ0) is 18.3. The molecule has 0 radical (unpaired) electrons. The van der Waals surface area contributed by atoms with E-state index < -0.39 is 0 Å². The van der Waals surface area contributed by atoms with E-state index in [0.29, 0.717) is 0 Å². The normalized spacial score (nSPS) is 24.1. The Balaban J connectivity index is 2.19. The second-order valence-corrected chi connectivity index (χ2v) is 6.89. The summed E-state index contributed by atoms with van der Waals surface area (Å²) >= 11 is 0. The van der Waals surface area contributed by atoms with Gasteiger partial charge in [-0.2, -0.15) is 0 Å². The quantitative estimate of drug-likeness (QED) is 0.561. The molecule has 0 bridgehead atoms. The van der Waals surface area contributed by atoms with Gasteiger partial charge in [-0.1, -0.05) is 85.5 Å². The Labute approximate surface area is 156 Å². The maximum atomic E-state index is 4.21. The van der Waals surface area contributed by atoms with E-state index in [0.717, 1.165) is 0 Å². The van der Waals surface area contributed by atoms with Gasteiger partial charge >= 0.3 is 0 Å². The molecule has 2 aliphatic carbocycles.